The Morgan fingerprint density at radius 2 is 2.10 bits per heavy atom. The van der Waals surface area contributed by atoms with Gasteiger partial charge < -0.3 is 14.5 Å². The predicted molar refractivity (Wildman–Crippen MR) is 81.4 cm³/mol. The summed E-state index contributed by atoms with van der Waals surface area (Å²) in [7, 11) is 3.21. The molecule has 2 aromatic heterocycles. The zero-order valence-corrected chi connectivity index (χ0v) is 12.5. The highest BCUT2D eigenvalue weighted by Gasteiger charge is 2.11. The van der Waals surface area contributed by atoms with Gasteiger partial charge in [-0.1, -0.05) is 12.1 Å². The molecule has 2 heterocycles. The smallest absolute Gasteiger partial charge is 0.242 e. The van der Waals surface area contributed by atoms with E-state index in [-0.39, 0.29) is 0 Å². The largest absolute Gasteiger partial charge is 0.497 e. The molecule has 6 nitrogen and oxygen atoms in total. The Morgan fingerprint density at radius 1 is 1.24 bits per heavy atom. The van der Waals surface area contributed by atoms with Crippen LogP contribution in [0.5, 0.6) is 11.6 Å². The lowest BCUT2D eigenvalue weighted by Gasteiger charge is -2.06. The number of nitrogens with zero attached hydrogens (tertiary/aromatic N) is 3. The molecule has 0 aliphatic rings. The first-order chi connectivity index (χ1) is 10.2. The summed E-state index contributed by atoms with van der Waals surface area (Å²) in [6.45, 7) is 0.593. The van der Waals surface area contributed by atoms with Crippen LogP contribution in [0, 0.1) is 4.77 Å². The molecule has 3 rings (SSSR count). The molecule has 1 aromatic carbocycles. The first-order valence-corrected chi connectivity index (χ1v) is 6.74. The van der Waals surface area contributed by atoms with E-state index < -0.39 is 0 Å². The molecule has 0 saturated carbocycles. The van der Waals surface area contributed by atoms with Crippen LogP contribution in [-0.4, -0.2) is 33.7 Å². The Morgan fingerprint density at radius 3 is 2.86 bits per heavy atom. The van der Waals surface area contributed by atoms with Crippen LogP contribution in [0.3, 0.4) is 0 Å². The van der Waals surface area contributed by atoms with Crippen LogP contribution < -0.4 is 9.47 Å². The second-order valence-corrected chi connectivity index (χ2v) is 4.84. The Hall–Kier alpha value is -2.41. The summed E-state index contributed by atoms with van der Waals surface area (Å²) in [6, 6.07) is 7.84. The Bertz CT molecular complexity index is 840. The van der Waals surface area contributed by atoms with Gasteiger partial charge in [0.25, 0.3) is 0 Å². The van der Waals surface area contributed by atoms with Gasteiger partial charge in [-0.25, -0.2) is 4.98 Å². The molecule has 108 valence electrons. The Balaban J connectivity index is 2.08. The number of fused-ring (bicyclic) bond motifs is 1. The maximum Gasteiger partial charge on any atom is 0.242 e. The molecule has 0 aliphatic carbocycles. The van der Waals surface area contributed by atoms with Crippen molar-refractivity contribution in [2.75, 3.05) is 14.2 Å². The number of hydrogen-bond acceptors (Lipinski definition) is 5. The van der Waals surface area contributed by atoms with Gasteiger partial charge in [0.15, 0.2) is 10.4 Å². The zero-order valence-electron chi connectivity index (χ0n) is 11.7. The summed E-state index contributed by atoms with van der Waals surface area (Å²) in [5.74, 6) is 1.29. The molecule has 0 radical (unpaired) electrons. The average Bonchev–Trinajstić information content (AvgIpc) is 2.83. The van der Waals surface area contributed by atoms with Crippen LogP contribution in [0.2, 0.25) is 0 Å². The molecule has 3 aromatic rings. The van der Waals surface area contributed by atoms with Crippen LogP contribution in [-0.2, 0) is 6.54 Å². The van der Waals surface area contributed by atoms with E-state index in [9.17, 15) is 0 Å². The topological polar surface area (TPSA) is 65.0 Å². The van der Waals surface area contributed by atoms with E-state index >= 15 is 0 Å². The van der Waals surface area contributed by atoms with E-state index in [4.69, 9.17) is 21.7 Å². The number of rotatable bonds is 4. The van der Waals surface area contributed by atoms with Crippen LogP contribution in [0.25, 0.3) is 11.2 Å². The minimum Gasteiger partial charge on any atom is -0.497 e. The zero-order chi connectivity index (χ0) is 14.8. The fraction of sp³-hybridized carbons (Fsp3) is 0.214. The van der Waals surface area contributed by atoms with E-state index in [1.54, 1.807) is 14.2 Å². The van der Waals surface area contributed by atoms with Gasteiger partial charge in [-0.05, 0) is 29.9 Å². The Labute approximate surface area is 126 Å². The predicted octanol–water partition coefficient (Wildman–Crippen LogP) is 2.55. The monoisotopic (exact) mass is 302 g/mol. The van der Waals surface area contributed by atoms with Crippen molar-refractivity contribution < 1.29 is 9.47 Å². The van der Waals surface area contributed by atoms with Gasteiger partial charge in [-0.3, -0.25) is 4.57 Å². The molecule has 0 unspecified atom stereocenters. The lowest BCUT2D eigenvalue weighted by Crippen LogP contribution is -2.01. The van der Waals surface area contributed by atoms with Crippen molar-refractivity contribution in [1.29, 1.82) is 0 Å². The molecule has 0 amide bonds. The fourth-order valence-electron chi connectivity index (χ4n) is 2.20. The van der Waals surface area contributed by atoms with Gasteiger partial charge in [0, 0.05) is 0 Å². The number of aromatic nitrogens is 4. The van der Waals surface area contributed by atoms with Crippen molar-refractivity contribution in [3.05, 3.63) is 40.9 Å². The number of benzene rings is 1. The van der Waals surface area contributed by atoms with Gasteiger partial charge >= 0.3 is 0 Å². The molecule has 0 fully saturated rings. The first kappa shape index (κ1) is 13.6. The summed E-state index contributed by atoms with van der Waals surface area (Å²) in [5.41, 5.74) is 2.49. The minimum absolute atomic E-state index is 0.482. The maximum atomic E-state index is 5.37. The van der Waals surface area contributed by atoms with Gasteiger partial charge in [-0.2, -0.15) is 4.98 Å². The molecule has 7 heteroatoms. The highest BCUT2D eigenvalue weighted by molar-refractivity contribution is 7.71. The summed E-state index contributed by atoms with van der Waals surface area (Å²) in [6.07, 6.45) is 1.46. The second kappa shape index (κ2) is 5.53. The van der Waals surface area contributed by atoms with E-state index in [0.29, 0.717) is 22.7 Å². The van der Waals surface area contributed by atoms with Crippen LogP contribution in [0.4, 0.5) is 0 Å². The van der Waals surface area contributed by atoms with E-state index in [1.165, 1.54) is 6.33 Å². The van der Waals surface area contributed by atoms with Crippen molar-refractivity contribution >= 4 is 23.4 Å². The summed E-state index contributed by atoms with van der Waals surface area (Å²) < 4.78 is 12.9. The highest BCUT2D eigenvalue weighted by atomic mass is 32.1. The van der Waals surface area contributed by atoms with Gasteiger partial charge in [0.05, 0.1) is 20.8 Å². The first-order valence-electron chi connectivity index (χ1n) is 6.33. The van der Waals surface area contributed by atoms with Crippen molar-refractivity contribution in [1.82, 2.24) is 19.5 Å². The molecular weight excluding hydrogens is 288 g/mol. The molecule has 0 bridgehead atoms. The molecule has 21 heavy (non-hydrogen) atoms. The SMILES string of the molecule is COc1cccc(Cn2c(=S)[nH]c3c(OC)ncnc32)c1. The van der Waals surface area contributed by atoms with E-state index in [0.717, 1.165) is 17.0 Å². The van der Waals surface area contributed by atoms with Crippen LogP contribution in [0.1, 0.15) is 5.56 Å². The van der Waals surface area contributed by atoms with Gasteiger partial charge in [-0.15, -0.1) is 0 Å². The lowest BCUT2D eigenvalue weighted by atomic mass is 10.2. The molecule has 0 aliphatic heterocycles. The number of nitrogens with one attached hydrogen (secondary N) is 1. The minimum atomic E-state index is 0.482. The Kier molecular flexibility index (Phi) is 3.57. The molecule has 1 N–H and O–H groups in total. The summed E-state index contributed by atoms with van der Waals surface area (Å²) in [4.78, 5) is 11.5. The lowest BCUT2D eigenvalue weighted by molar-refractivity contribution is 0.401. The number of methoxy groups -OCH3 is 2. The van der Waals surface area contributed by atoms with Crippen molar-refractivity contribution in [2.24, 2.45) is 0 Å². The summed E-state index contributed by atoms with van der Waals surface area (Å²) in [5, 5.41) is 0. The van der Waals surface area contributed by atoms with Crippen molar-refractivity contribution in [3.63, 3.8) is 0 Å². The normalized spacial score (nSPS) is 10.8. The van der Waals surface area contributed by atoms with Crippen LogP contribution in [0.15, 0.2) is 30.6 Å². The fourth-order valence-corrected chi connectivity index (χ4v) is 2.45. The van der Waals surface area contributed by atoms with Gasteiger partial charge in [0.1, 0.15) is 17.6 Å². The third-order valence-electron chi connectivity index (χ3n) is 3.19. The van der Waals surface area contributed by atoms with Crippen molar-refractivity contribution in [3.8, 4) is 11.6 Å². The van der Waals surface area contributed by atoms with E-state index in [2.05, 4.69) is 15.0 Å². The maximum absolute atomic E-state index is 5.37. The number of hydrogen-bond donors (Lipinski definition) is 1. The number of imidazole rings is 1. The highest BCUT2D eigenvalue weighted by Crippen LogP contribution is 2.21. The third-order valence-corrected chi connectivity index (χ3v) is 3.52. The number of ether oxygens (including phenoxy) is 2. The second-order valence-electron chi connectivity index (χ2n) is 4.45. The van der Waals surface area contributed by atoms with Crippen LogP contribution >= 0.6 is 12.2 Å². The van der Waals surface area contributed by atoms with E-state index in [1.807, 2.05) is 28.8 Å². The molecule has 0 spiro atoms. The quantitative estimate of drug-likeness (QED) is 0.750. The molecule has 0 atom stereocenters. The number of aromatic amines is 1. The molecular formula is C14H14N4O2S. The van der Waals surface area contributed by atoms with Crippen molar-refractivity contribution in [2.45, 2.75) is 6.54 Å². The third kappa shape index (κ3) is 2.47. The number of H-pyrrole nitrogens is 1. The molecule has 0 saturated heterocycles. The standard InChI is InChI=1S/C14H14N4O2S/c1-19-10-5-3-4-9(6-10)7-18-12-11(17-14(18)21)13(20-2)16-8-15-12/h3-6,8H,7H2,1-2H3,(H,17,21). The summed E-state index contributed by atoms with van der Waals surface area (Å²) >= 11 is 5.37. The average molecular weight is 302 g/mol. The van der Waals surface area contributed by atoms with Gasteiger partial charge in [0.2, 0.25) is 5.88 Å².